The third kappa shape index (κ3) is 3.24. The lowest BCUT2D eigenvalue weighted by Crippen LogP contribution is -2.36. The number of ether oxygens (including phenoxy) is 1. The Bertz CT molecular complexity index is 571. The Kier molecular flexibility index (Phi) is 4.06. The summed E-state index contributed by atoms with van der Waals surface area (Å²) in [6.45, 7) is 2.49. The molecule has 1 aliphatic heterocycles. The molecule has 1 heterocycles. The monoisotopic (exact) mass is 284 g/mol. The molecular weight excluding hydrogens is 268 g/mol. The molecule has 0 unspecified atom stereocenters. The summed E-state index contributed by atoms with van der Waals surface area (Å²) in [6, 6.07) is 6.03. The minimum atomic E-state index is -3.69. The predicted octanol–water partition coefficient (Wildman–Crippen LogP) is 0.252. The molecule has 2 N–H and O–H groups in total. The molecule has 7 heteroatoms. The van der Waals surface area contributed by atoms with Crippen LogP contribution in [0.2, 0.25) is 0 Å². The third-order valence-electron chi connectivity index (χ3n) is 2.74. The summed E-state index contributed by atoms with van der Waals surface area (Å²) < 4.78 is 32.3. The van der Waals surface area contributed by atoms with E-state index >= 15 is 0 Å². The second kappa shape index (κ2) is 5.58. The van der Waals surface area contributed by atoms with E-state index in [1.54, 1.807) is 25.1 Å². The van der Waals surface area contributed by atoms with Gasteiger partial charge < -0.3 is 10.1 Å². The topological polar surface area (TPSA) is 84.5 Å². The van der Waals surface area contributed by atoms with E-state index in [9.17, 15) is 13.2 Å². The van der Waals surface area contributed by atoms with E-state index in [-0.39, 0.29) is 17.2 Å². The summed E-state index contributed by atoms with van der Waals surface area (Å²) in [5.41, 5.74) is 0. The maximum absolute atomic E-state index is 12.3. The van der Waals surface area contributed by atoms with Crippen LogP contribution in [0.1, 0.15) is 13.3 Å². The lowest BCUT2D eigenvalue weighted by molar-refractivity contribution is -0.119. The fourth-order valence-corrected chi connectivity index (χ4v) is 3.30. The fourth-order valence-electron chi connectivity index (χ4n) is 1.92. The number of benzene rings is 1. The Hall–Kier alpha value is -1.60. The Morgan fingerprint density at radius 3 is 2.79 bits per heavy atom. The number of rotatable bonds is 5. The van der Waals surface area contributed by atoms with Crippen molar-refractivity contribution >= 4 is 15.9 Å². The van der Waals surface area contributed by atoms with Gasteiger partial charge in [-0.2, -0.15) is 0 Å². The highest BCUT2D eigenvalue weighted by Gasteiger charge is 2.28. The number of amides is 1. The van der Waals surface area contributed by atoms with Crippen LogP contribution in [0.5, 0.6) is 5.75 Å². The fraction of sp³-hybridized carbons (Fsp3) is 0.417. The van der Waals surface area contributed by atoms with Gasteiger partial charge in [0.15, 0.2) is 0 Å². The molecule has 0 bridgehead atoms. The van der Waals surface area contributed by atoms with E-state index in [0.29, 0.717) is 18.9 Å². The summed E-state index contributed by atoms with van der Waals surface area (Å²) >= 11 is 0. The van der Waals surface area contributed by atoms with Crippen molar-refractivity contribution in [2.45, 2.75) is 24.3 Å². The minimum absolute atomic E-state index is 0.0937. The Morgan fingerprint density at radius 2 is 2.16 bits per heavy atom. The number of para-hydroxylation sites is 1. The number of sulfonamides is 1. The highest BCUT2D eigenvalue weighted by molar-refractivity contribution is 7.89. The van der Waals surface area contributed by atoms with Gasteiger partial charge in [0, 0.05) is 19.0 Å². The second-order valence-corrected chi connectivity index (χ2v) is 5.89. The lowest BCUT2D eigenvalue weighted by atomic mass is 10.3. The van der Waals surface area contributed by atoms with E-state index in [1.807, 2.05) is 0 Å². The zero-order valence-electron chi connectivity index (χ0n) is 10.5. The number of hydrogen-bond acceptors (Lipinski definition) is 4. The van der Waals surface area contributed by atoms with Crippen LogP contribution in [0.15, 0.2) is 29.2 Å². The molecule has 0 aromatic heterocycles. The maximum Gasteiger partial charge on any atom is 0.244 e. The summed E-state index contributed by atoms with van der Waals surface area (Å²) in [7, 11) is -3.69. The van der Waals surface area contributed by atoms with Crippen molar-refractivity contribution in [1.82, 2.24) is 10.0 Å². The van der Waals surface area contributed by atoms with Gasteiger partial charge in [0.2, 0.25) is 15.9 Å². The molecule has 1 aromatic carbocycles. The highest BCUT2D eigenvalue weighted by atomic mass is 32.2. The summed E-state index contributed by atoms with van der Waals surface area (Å²) in [5, 5.41) is 2.59. The van der Waals surface area contributed by atoms with Gasteiger partial charge in [0.1, 0.15) is 10.6 Å². The molecule has 1 aliphatic rings. The van der Waals surface area contributed by atoms with Crippen LogP contribution in [-0.2, 0) is 14.8 Å². The van der Waals surface area contributed by atoms with Gasteiger partial charge in [-0.05, 0) is 19.1 Å². The predicted molar refractivity (Wildman–Crippen MR) is 69.3 cm³/mol. The molecule has 6 nitrogen and oxygen atoms in total. The third-order valence-corrected chi connectivity index (χ3v) is 4.30. The molecule has 1 amide bonds. The van der Waals surface area contributed by atoms with Crippen LogP contribution in [0, 0.1) is 0 Å². The van der Waals surface area contributed by atoms with E-state index in [2.05, 4.69) is 10.0 Å². The van der Waals surface area contributed by atoms with E-state index in [1.165, 1.54) is 6.07 Å². The molecular formula is C12H16N2O4S. The first-order valence-electron chi connectivity index (χ1n) is 6.04. The van der Waals surface area contributed by atoms with Gasteiger partial charge in [-0.1, -0.05) is 12.1 Å². The van der Waals surface area contributed by atoms with Crippen molar-refractivity contribution in [2.75, 3.05) is 13.2 Å². The highest BCUT2D eigenvalue weighted by Crippen LogP contribution is 2.23. The normalized spacial score (nSPS) is 19.2. The maximum atomic E-state index is 12.3. The Morgan fingerprint density at radius 1 is 1.42 bits per heavy atom. The minimum Gasteiger partial charge on any atom is -0.492 e. The molecule has 1 aromatic rings. The summed E-state index contributed by atoms with van der Waals surface area (Å²) in [5.74, 6) is 0.167. The number of hydrogen-bond donors (Lipinski definition) is 2. The largest absolute Gasteiger partial charge is 0.492 e. The molecule has 104 valence electrons. The Balaban J connectivity index is 2.21. The zero-order valence-corrected chi connectivity index (χ0v) is 11.4. The van der Waals surface area contributed by atoms with Crippen molar-refractivity contribution in [2.24, 2.45) is 0 Å². The second-order valence-electron chi connectivity index (χ2n) is 4.21. The SMILES string of the molecule is CCOc1ccccc1S(=O)(=O)N[C@H]1CNC(=O)C1. The molecule has 0 aliphatic carbocycles. The smallest absolute Gasteiger partial charge is 0.244 e. The van der Waals surface area contributed by atoms with Gasteiger partial charge in [-0.25, -0.2) is 13.1 Å². The number of carbonyl (C=O) groups excluding carboxylic acids is 1. The molecule has 2 rings (SSSR count). The van der Waals surface area contributed by atoms with Crippen molar-refractivity contribution in [3.8, 4) is 5.75 Å². The number of carbonyl (C=O) groups is 1. The molecule has 1 fully saturated rings. The van der Waals surface area contributed by atoms with Crippen LogP contribution in [0.25, 0.3) is 0 Å². The first-order chi connectivity index (χ1) is 9.03. The molecule has 0 spiro atoms. The van der Waals surface area contributed by atoms with Gasteiger partial charge in [0.05, 0.1) is 6.61 Å². The standard InChI is InChI=1S/C12H16N2O4S/c1-2-18-10-5-3-4-6-11(10)19(16,17)14-9-7-12(15)13-8-9/h3-6,9,14H,2,7-8H2,1H3,(H,13,15)/t9-/m1/s1. The average Bonchev–Trinajstić information content (AvgIpc) is 2.75. The van der Waals surface area contributed by atoms with Crippen LogP contribution in [0.3, 0.4) is 0 Å². The summed E-state index contributed by atoms with van der Waals surface area (Å²) in [6.07, 6.45) is 0.163. The van der Waals surface area contributed by atoms with Gasteiger partial charge in [-0.3, -0.25) is 4.79 Å². The molecule has 0 radical (unpaired) electrons. The van der Waals surface area contributed by atoms with E-state index in [0.717, 1.165) is 0 Å². The van der Waals surface area contributed by atoms with Crippen molar-refractivity contribution < 1.29 is 17.9 Å². The van der Waals surface area contributed by atoms with Crippen LogP contribution in [0.4, 0.5) is 0 Å². The lowest BCUT2D eigenvalue weighted by Gasteiger charge is -2.14. The first kappa shape index (κ1) is 13.8. The average molecular weight is 284 g/mol. The van der Waals surface area contributed by atoms with Crippen LogP contribution < -0.4 is 14.8 Å². The van der Waals surface area contributed by atoms with Crippen LogP contribution >= 0.6 is 0 Å². The molecule has 0 saturated carbocycles. The quantitative estimate of drug-likeness (QED) is 0.812. The molecule has 1 saturated heterocycles. The van der Waals surface area contributed by atoms with Crippen molar-refractivity contribution in [3.63, 3.8) is 0 Å². The number of nitrogens with one attached hydrogen (secondary N) is 2. The van der Waals surface area contributed by atoms with Crippen molar-refractivity contribution in [1.29, 1.82) is 0 Å². The van der Waals surface area contributed by atoms with Crippen molar-refractivity contribution in [3.05, 3.63) is 24.3 Å². The summed E-state index contributed by atoms with van der Waals surface area (Å²) in [4.78, 5) is 11.2. The molecule has 1 atom stereocenters. The van der Waals surface area contributed by atoms with E-state index < -0.39 is 16.1 Å². The molecule has 19 heavy (non-hydrogen) atoms. The van der Waals surface area contributed by atoms with Gasteiger partial charge >= 0.3 is 0 Å². The van der Waals surface area contributed by atoms with E-state index in [4.69, 9.17) is 4.74 Å². The Labute approximate surface area is 112 Å². The zero-order chi connectivity index (χ0) is 13.9. The van der Waals surface area contributed by atoms with Crippen LogP contribution in [-0.4, -0.2) is 33.5 Å². The van der Waals surface area contributed by atoms with Gasteiger partial charge in [0.25, 0.3) is 0 Å². The van der Waals surface area contributed by atoms with Gasteiger partial charge in [-0.15, -0.1) is 0 Å². The first-order valence-corrected chi connectivity index (χ1v) is 7.52.